The van der Waals surface area contributed by atoms with E-state index in [2.05, 4.69) is 69.7 Å². The fourth-order valence-corrected chi connectivity index (χ4v) is 4.26. The van der Waals surface area contributed by atoms with E-state index in [4.69, 9.17) is 4.99 Å². The Kier molecular flexibility index (Phi) is 10.1. The van der Waals surface area contributed by atoms with Gasteiger partial charge < -0.3 is 15.2 Å². The minimum absolute atomic E-state index is 0. The molecule has 162 valence electrons. The van der Waals surface area contributed by atoms with Crippen LogP contribution in [0.5, 0.6) is 0 Å². The Balaban J connectivity index is 0.00000320. The molecule has 0 amide bonds. The van der Waals surface area contributed by atoms with Crippen molar-refractivity contribution in [3.05, 3.63) is 63.4 Å². The zero-order chi connectivity index (χ0) is 20.6. The van der Waals surface area contributed by atoms with Crippen LogP contribution >= 0.6 is 47.1 Å². The van der Waals surface area contributed by atoms with Gasteiger partial charge in [-0.2, -0.15) is 0 Å². The number of hydrogen-bond acceptors (Lipinski definition) is 5. The molecule has 0 aliphatic carbocycles. The number of thiophene rings is 1. The summed E-state index contributed by atoms with van der Waals surface area (Å²) in [4.78, 5) is 7.47. The summed E-state index contributed by atoms with van der Waals surface area (Å²) in [5.74, 6) is 2.57. The summed E-state index contributed by atoms with van der Waals surface area (Å²) >= 11 is 3.54. The number of nitrogens with zero attached hydrogens (tertiary/aromatic N) is 4. The predicted molar refractivity (Wildman–Crippen MR) is 138 cm³/mol. The van der Waals surface area contributed by atoms with E-state index in [9.17, 15) is 0 Å². The second kappa shape index (κ2) is 12.3. The van der Waals surface area contributed by atoms with Gasteiger partial charge in [0, 0.05) is 23.4 Å². The molecule has 2 heterocycles. The Morgan fingerprint density at radius 1 is 1.20 bits per heavy atom. The standard InChI is InChI=1S/C21H28N6S2.HI/c1-15-7-8-17(19(12-15)28-4)13-23-21(22-10-9-18-6-5-11-29-18)24-14-20-26-25-16(2)27(20)3;/h5-8,11-12H,9-10,13-14H2,1-4H3,(H2,22,23,24);1H. The van der Waals surface area contributed by atoms with E-state index in [1.165, 1.54) is 20.9 Å². The first-order valence-corrected chi connectivity index (χ1v) is 11.7. The van der Waals surface area contributed by atoms with Gasteiger partial charge in [-0.3, -0.25) is 0 Å². The Bertz CT molecular complexity index is 953. The van der Waals surface area contributed by atoms with Gasteiger partial charge in [-0.15, -0.1) is 57.3 Å². The molecule has 0 aliphatic heterocycles. The predicted octanol–water partition coefficient (Wildman–Crippen LogP) is 4.31. The van der Waals surface area contributed by atoms with Crippen LogP contribution in [0.3, 0.4) is 0 Å². The zero-order valence-electron chi connectivity index (χ0n) is 17.8. The molecular weight excluding hydrogens is 527 g/mol. The summed E-state index contributed by atoms with van der Waals surface area (Å²) in [5.41, 5.74) is 2.50. The molecule has 0 unspecified atom stereocenters. The summed E-state index contributed by atoms with van der Waals surface area (Å²) < 4.78 is 1.99. The molecule has 30 heavy (non-hydrogen) atoms. The number of hydrogen-bond donors (Lipinski definition) is 2. The third-order valence-electron chi connectivity index (χ3n) is 4.69. The number of aliphatic imine (C=N–C) groups is 1. The highest BCUT2D eigenvalue weighted by Crippen LogP contribution is 2.22. The first-order valence-electron chi connectivity index (χ1n) is 9.59. The maximum Gasteiger partial charge on any atom is 0.191 e. The summed E-state index contributed by atoms with van der Waals surface area (Å²) in [6.07, 6.45) is 3.08. The van der Waals surface area contributed by atoms with Crippen molar-refractivity contribution >= 4 is 53.0 Å². The van der Waals surface area contributed by atoms with Crippen molar-refractivity contribution in [1.82, 2.24) is 25.4 Å². The zero-order valence-corrected chi connectivity index (χ0v) is 21.8. The highest BCUT2D eigenvalue weighted by atomic mass is 127. The third kappa shape index (κ3) is 6.98. The van der Waals surface area contributed by atoms with Crippen molar-refractivity contribution in [2.75, 3.05) is 12.8 Å². The monoisotopic (exact) mass is 556 g/mol. The van der Waals surface area contributed by atoms with Gasteiger partial charge in [0.25, 0.3) is 0 Å². The summed E-state index contributed by atoms with van der Waals surface area (Å²) in [6.45, 7) is 6.10. The lowest BCUT2D eigenvalue weighted by molar-refractivity contribution is 0.713. The maximum absolute atomic E-state index is 4.83. The molecular formula is C21H29IN6S2. The molecule has 0 saturated heterocycles. The first kappa shape index (κ1) is 24.7. The van der Waals surface area contributed by atoms with Gasteiger partial charge in [0.15, 0.2) is 11.8 Å². The van der Waals surface area contributed by atoms with E-state index in [-0.39, 0.29) is 24.0 Å². The van der Waals surface area contributed by atoms with Gasteiger partial charge in [0.1, 0.15) is 5.82 Å². The van der Waals surface area contributed by atoms with Crippen molar-refractivity contribution < 1.29 is 0 Å². The number of aryl methyl sites for hydroxylation is 2. The molecule has 9 heteroatoms. The van der Waals surface area contributed by atoms with Crippen molar-refractivity contribution in [1.29, 1.82) is 0 Å². The lowest BCUT2D eigenvalue weighted by Crippen LogP contribution is -2.38. The molecule has 0 saturated carbocycles. The van der Waals surface area contributed by atoms with Gasteiger partial charge in [0.05, 0.1) is 13.1 Å². The van der Waals surface area contributed by atoms with Crippen molar-refractivity contribution in [3.63, 3.8) is 0 Å². The largest absolute Gasteiger partial charge is 0.356 e. The molecule has 1 aromatic carbocycles. The lowest BCUT2D eigenvalue weighted by atomic mass is 10.1. The van der Waals surface area contributed by atoms with Crippen LogP contribution < -0.4 is 10.6 Å². The molecule has 0 fully saturated rings. The van der Waals surface area contributed by atoms with Crippen LogP contribution in [0.2, 0.25) is 0 Å². The van der Waals surface area contributed by atoms with Crippen LogP contribution in [0.4, 0.5) is 0 Å². The molecule has 0 atom stereocenters. The molecule has 0 aliphatic rings. The average molecular weight is 557 g/mol. The molecule has 0 radical (unpaired) electrons. The van der Waals surface area contributed by atoms with E-state index in [1.807, 2.05) is 18.5 Å². The average Bonchev–Trinajstić information content (AvgIpc) is 3.35. The number of halogens is 1. The molecule has 3 rings (SSSR count). The quantitative estimate of drug-likeness (QED) is 0.187. The number of rotatable bonds is 8. The normalized spacial score (nSPS) is 11.3. The number of nitrogens with one attached hydrogen (secondary N) is 2. The van der Waals surface area contributed by atoms with Crippen molar-refractivity contribution in [2.24, 2.45) is 12.0 Å². The maximum atomic E-state index is 4.83. The fourth-order valence-electron chi connectivity index (χ4n) is 2.85. The van der Waals surface area contributed by atoms with Crippen molar-refractivity contribution in [2.45, 2.75) is 38.3 Å². The van der Waals surface area contributed by atoms with E-state index in [1.54, 1.807) is 23.1 Å². The number of thioether (sulfide) groups is 1. The Morgan fingerprint density at radius 2 is 2.03 bits per heavy atom. The van der Waals surface area contributed by atoms with Crippen LogP contribution in [-0.4, -0.2) is 33.5 Å². The van der Waals surface area contributed by atoms with Crippen LogP contribution in [0.15, 0.2) is 45.6 Å². The second-order valence-electron chi connectivity index (χ2n) is 6.81. The summed E-state index contributed by atoms with van der Waals surface area (Å²) in [5, 5.41) is 17.3. The fraction of sp³-hybridized carbons (Fsp3) is 0.381. The lowest BCUT2D eigenvalue weighted by Gasteiger charge is -2.13. The third-order valence-corrected chi connectivity index (χ3v) is 6.45. The van der Waals surface area contributed by atoms with Crippen LogP contribution in [-0.2, 0) is 26.6 Å². The second-order valence-corrected chi connectivity index (χ2v) is 8.69. The Hall–Kier alpha value is -1.59. The summed E-state index contributed by atoms with van der Waals surface area (Å²) in [7, 11) is 1.98. The molecule has 2 aromatic heterocycles. The molecule has 2 N–H and O–H groups in total. The van der Waals surface area contributed by atoms with Gasteiger partial charge in [0.2, 0.25) is 0 Å². The first-order chi connectivity index (χ1) is 14.1. The van der Waals surface area contributed by atoms with E-state index in [0.717, 1.165) is 30.6 Å². The van der Waals surface area contributed by atoms with Gasteiger partial charge in [-0.25, -0.2) is 4.99 Å². The topological polar surface area (TPSA) is 67.1 Å². The van der Waals surface area contributed by atoms with Crippen molar-refractivity contribution in [3.8, 4) is 0 Å². The minimum Gasteiger partial charge on any atom is -0.356 e. The van der Waals surface area contributed by atoms with Crippen LogP contribution in [0.1, 0.15) is 27.7 Å². The summed E-state index contributed by atoms with van der Waals surface area (Å²) in [6, 6.07) is 10.8. The molecule has 0 spiro atoms. The van der Waals surface area contributed by atoms with E-state index < -0.39 is 0 Å². The SMILES string of the molecule is CSc1cc(C)ccc1CN=C(NCCc1cccs1)NCc1nnc(C)n1C.I. The highest BCUT2D eigenvalue weighted by Gasteiger charge is 2.07. The minimum atomic E-state index is 0. The van der Waals surface area contributed by atoms with Crippen LogP contribution in [0, 0.1) is 13.8 Å². The smallest absolute Gasteiger partial charge is 0.191 e. The van der Waals surface area contributed by atoms with Gasteiger partial charge in [-0.1, -0.05) is 18.2 Å². The molecule has 0 bridgehead atoms. The Labute approximate surface area is 204 Å². The number of aromatic nitrogens is 3. The van der Waals surface area contributed by atoms with Gasteiger partial charge >= 0.3 is 0 Å². The van der Waals surface area contributed by atoms with E-state index in [0.29, 0.717) is 13.1 Å². The molecule has 6 nitrogen and oxygen atoms in total. The van der Waals surface area contributed by atoms with Crippen LogP contribution in [0.25, 0.3) is 0 Å². The highest BCUT2D eigenvalue weighted by molar-refractivity contribution is 14.0. The van der Waals surface area contributed by atoms with E-state index >= 15 is 0 Å². The number of benzene rings is 1. The Morgan fingerprint density at radius 3 is 2.70 bits per heavy atom. The number of guanidine groups is 1. The van der Waals surface area contributed by atoms with Gasteiger partial charge in [-0.05, 0) is 55.2 Å². The molecule has 3 aromatic rings.